The first-order valence-electron chi connectivity index (χ1n) is 11.7. The van der Waals surface area contributed by atoms with Crippen LogP contribution >= 0.6 is 11.3 Å². The van der Waals surface area contributed by atoms with Gasteiger partial charge in [-0.2, -0.15) is 0 Å². The zero-order chi connectivity index (χ0) is 24.5. The Balaban J connectivity index is 1.64. The predicted octanol–water partition coefficient (Wildman–Crippen LogP) is 2.49. The van der Waals surface area contributed by atoms with E-state index < -0.39 is 5.82 Å². The van der Waals surface area contributed by atoms with Crippen molar-refractivity contribution in [1.29, 1.82) is 0 Å². The van der Waals surface area contributed by atoms with Crippen LogP contribution in [0.15, 0.2) is 41.2 Å². The van der Waals surface area contributed by atoms with Crippen molar-refractivity contribution in [3.8, 4) is 11.5 Å². The van der Waals surface area contributed by atoms with Crippen LogP contribution in [-0.4, -0.2) is 41.8 Å². The van der Waals surface area contributed by atoms with Crippen molar-refractivity contribution >= 4 is 34.6 Å². The van der Waals surface area contributed by atoms with E-state index in [1.807, 2.05) is 18.2 Å². The number of carbonyl (C=O) groups excluding carboxylic acids is 1. The highest BCUT2D eigenvalue weighted by Gasteiger charge is 2.27. The number of halogens is 1. The smallest absolute Gasteiger partial charge is 0.269 e. The summed E-state index contributed by atoms with van der Waals surface area (Å²) in [5.74, 6) is 0.546. The van der Waals surface area contributed by atoms with Crippen molar-refractivity contribution in [3.63, 3.8) is 0 Å². The number of thiazole rings is 1. The van der Waals surface area contributed by atoms with Gasteiger partial charge in [0.1, 0.15) is 10.5 Å². The van der Waals surface area contributed by atoms with Crippen LogP contribution in [0.2, 0.25) is 0 Å². The van der Waals surface area contributed by atoms with E-state index >= 15 is 0 Å². The van der Waals surface area contributed by atoms with Crippen molar-refractivity contribution in [2.24, 2.45) is 0 Å². The second kappa shape index (κ2) is 9.67. The van der Waals surface area contributed by atoms with E-state index in [1.54, 1.807) is 16.7 Å². The maximum atomic E-state index is 13.8. The van der Waals surface area contributed by atoms with Crippen molar-refractivity contribution < 1.29 is 18.7 Å². The largest absolute Gasteiger partial charge is 0.454 e. The Labute approximate surface area is 205 Å². The highest BCUT2D eigenvalue weighted by atomic mass is 32.1. The van der Waals surface area contributed by atoms with Gasteiger partial charge in [0.2, 0.25) is 6.79 Å². The molecule has 0 atom stereocenters. The molecular formula is C26H26FN3O4S. The molecule has 0 aliphatic carbocycles. The van der Waals surface area contributed by atoms with Gasteiger partial charge in [-0.15, -0.1) is 11.3 Å². The number of anilines is 1. The average Bonchev–Trinajstić information content (AvgIpc) is 3.52. The molecule has 2 aliphatic heterocycles. The lowest BCUT2D eigenvalue weighted by atomic mass is 10.1. The predicted molar refractivity (Wildman–Crippen MR) is 134 cm³/mol. The van der Waals surface area contributed by atoms with Gasteiger partial charge in [-0.25, -0.2) is 4.39 Å². The second-order valence-electron chi connectivity index (χ2n) is 8.38. The van der Waals surface area contributed by atoms with Crippen LogP contribution in [0.25, 0.3) is 11.6 Å². The van der Waals surface area contributed by atoms with E-state index in [1.165, 1.54) is 23.5 Å². The Kier molecular flexibility index (Phi) is 6.44. The van der Waals surface area contributed by atoms with E-state index in [9.17, 15) is 14.0 Å². The van der Waals surface area contributed by atoms with Gasteiger partial charge in [-0.3, -0.25) is 14.2 Å². The summed E-state index contributed by atoms with van der Waals surface area (Å²) in [4.78, 5) is 28.8. The summed E-state index contributed by atoms with van der Waals surface area (Å²) >= 11 is 1.27. The quantitative estimate of drug-likeness (QED) is 0.545. The third-order valence-electron chi connectivity index (χ3n) is 6.29. The fraction of sp³-hybridized carbons (Fsp3) is 0.308. The van der Waals surface area contributed by atoms with Crippen LogP contribution in [0.3, 0.4) is 0 Å². The van der Waals surface area contributed by atoms with E-state index in [-0.39, 0.29) is 18.3 Å². The molecule has 182 valence electrons. The molecule has 0 fully saturated rings. The molecule has 2 aromatic carbocycles. The van der Waals surface area contributed by atoms with Crippen LogP contribution in [-0.2, 0) is 11.3 Å². The Hall–Kier alpha value is -3.43. The zero-order valence-corrected chi connectivity index (χ0v) is 20.4. The molecule has 3 aromatic rings. The Morgan fingerprint density at radius 3 is 2.71 bits per heavy atom. The summed E-state index contributed by atoms with van der Waals surface area (Å²) < 4.78 is 27.4. The van der Waals surface area contributed by atoms with Crippen LogP contribution in [0.1, 0.15) is 31.4 Å². The SMILES string of the molecule is CCN(CC)CCCn1c(=O)c(=Cc2ccc3c(c2)OCO3)s/c1=C1\C(=O)Nc2cc(F)ccc21. The fourth-order valence-electron chi connectivity index (χ4n) is 4.41. The molecule has 0 spiro atoms. The molecule has 0 saturated heterocycles. The first-order chi connectivity index (χ1) is 17.0. The van der Waals surface area contributed by atoms with Crippen LogP contribution in [0.4, 0.5) is 10.1 Å². The lowest BCUT2D eigenvalue weighted by molar-refractivity contribution is -0.110. The number of fused-ring (bicyclic) bond motifs is 2. The molecule has 3 heterocycles. The minimum atomic E-state index is -0.426. The zero-order valence-electron chi connectivity index (χ0n) is 19.6. The molecule has 0 bridgehead atoms. The van der Waals surface area contributed by atoms with Crippen LogP contribution in [0, 0.1) is 5.82 Å². The van der Waals surface area contributed by atoms with Crippen LogP contribution < -0.4 is 29.5 Å². The van der Waals surface area contributed by atoms with Crippen molar-refractivity contribution in [1.82, 2.24) is 9.47 Å². The van der Waals surface area contributed by atoms with Gasteiger partial charge in [-0.05, 0) is 68.0 Å². The minimum Gasteiger partial charge on any atom is -0.454 e. The molecule has 1 amide bonds. The molecule has 0 unspecified atom stereocenters. The fourth-order valence-corrected chi connectivity index (χ4v) is 5.60. The number of rotatable bonds is 7. The molecule has 1 N–H and O–H groups in total. The molecule has 2 aliphatic rings. The minimum absolute atomic E-state index is 0.155. The monoisotopic (exact) mass is 495 g/mol. The molecule has 9 heteroatoms. The molecular weight excluding hydrogens is 469 g/mol. The summed E-state index contributed by atoms with van der Waals surface area (Å²) in [6.45, 7) is 7.59. The Bertz CT molecular complexity index is 1470. The number of benzene rings is 2. The van der Waals surface area contributed by atoms with Gasteiger partial charge in [0.15, 0.2) is 11.5 Å². The standard InChI is InChI=1S/C26H26FN3O4S/c1-3-29(4-2)10-5-11-30-25(32)22(13-16-6-9-20-21(12-16)34-15-33-20)35-26(30)23-18-8-7-17(27)14-19(18)28-24(23)31/h6-9,12-14H,3-5,10-11,15H2,1-2H3,(H,28,31)/b22-13?,26-23-. The number of carbonyl (C=O) groups is 1. The van der Waals surface area contributed by atoms with Gasteiger partial charge in [0, 0.05) is 12.1 Å². The van der Waals surface area contributed by atoms with Crippen molar-refractivity contribution in [2.45, 2.75) is 26.8 Å². The maximum absolute atomic E-state index is 13.8. The third-order valence-corrected chi connectivity index (χ3v) is 7.42. The van der Waals surface area contributed by atoms with E-state index in [0.29, 0.717) is 44.1 Å². The Morgan fingerprint density at radius 1 is 1.11 bits per heavy atom. The molecule has 35 heavy (non-hydrogen) atoms. The van der Waals surface area contributed by atoms with Gasteiger partial charge < -0.3 is 19.7 Å². The maximum Gasteiger partial charge on any atom is 0.269 e. The number of ether oxygens (including phenoxy) is 2. The van der Waals surface area contributed by atoms with Gasteiger partial charge in [0.05, 0.1) is 15.8 Å². The second-order valence-corrected chi connectivity index (χ2v) is 9.42. The summed E-state index contributed by atoms with van der Waals surface area (Å²) in [6.07, 6.45) is 2.57. The van der Waals surface area contributed by atoms with Crippen molar-refractivity contribution in [3.05, 3.63) is 72.9 Å². The first kappa shape index (κ1) is 23.3. The summed E-state index contributed by atoms with van der Waals surface area (Å²) in [7, 11) is 0. The summed E-state index contributed by atoms with van der Waals surface area (Å²) in [5, 5.41) is 2.74. The number of nitrogens with one attached hydrogen (secondary N) is 1. The normalized spacial score (nSPS) is 16.2. The number of aromatic nitrogens is 1. The molecule has 0 radical (unpaired) electrons. The van der Waals surface area contributed by atoms with Crippen molar-refractivity contribution in [2.75, 3.05) is 31.7 Å². The molecule has 5 rings (SSSR count). The lowest BCUT2D eigenvalue weighted by Crippen LogP contribution is -2.34. The van der Waals surface area contributed by atoms with Gasteiger partial charge >= 0.3 is 0 Å². The molecule has 7 nitrogen and oxygen atoms in total. The average molecular weight is 496 g/mol. The highest BCUT2D eigenvalue weighted by molar-refractivity contribution is 7.07. The number of hydrogen-bond acceptors (Lipinski definition) is 6. The lowest BCUT2D eigenvalue weighted by Gasteiger charge is -2.17. The van der Waals surface area contributed by atoms with Gasteiger partial charge in [0.25, 0.3) is 11.5 Å². The van der Waals surface area contributed by atoms with Gasteiger partial charge in [-0.1, -0.05) is 19.9 Å². The summed E-state index contributed by atoms with van der Waals surface area (Å²) in [5.41, 5.74) is 2.07. The van der Waals surface area contributed by atoms with Crippen LogP contribution in [0.5, 0.6) is 11.5 Å². The number of amides is 1. The number of nitrogens with zero attached hydrogens (tertiary/aromatic N) is 2. The van der Waals surface area contributed by atoms with E-state index in [4.69, 9.17) is 9.47 Å². The molecule has 0 saturated carbocycles. The highest BCUT2D eigenvalue weighted by Crippen LogP contribution is 2.33. The Morgan fingerprint density at radius 2 is 1.91 bits per heavy atom. The summed E-state index contributed by atoms with van der Waals surface area (Å²) in [6, 6.07) is 9.73. The van der Waals surface area contributed by atoms with E-state index in [2.05, 4.69) is 24.1 Å². The first-order valence-corrected chi connectivity index (χ1v) is 12.5. The van der Waals surface area contributed by atoms with E-state index in [0.717, 1.165) is 31.6 Å². The third kappa shape index (κ3) is 4.49. The number of hydrogen-bond donors (Lipinski definition) is 1. The molecule has 1 aromatic heterocycles. The topological polar surface area (TPSA) is 72.8 Å².